The molecule has 2 fully saturated rings. The van der Waals surface area contributed by atoms with Gasteiger partial charge in [0, 0.05) is 43.0 Å². The third kappa shape index (κ3) is 4.16. The monoisotopic (exact) mass is 371 g/mol. The van der Waals surface area contributed by atoms with Crippen LogP contribution in [0.25, 0.3) is 11.4 Å². The van der Waals surface area contributed by atoms with Crippen LogP contribution in [0.5, 0.6) is 0 Å². The number of amides is 2. The van der Waals surface area contributed by atoms with Gasteiger partial charge in [-0.1, -0.05) is 0 Å². The summed E-state index contributed by atoms with van der Waals surface area (Å²) in [6.45, 7) is 2.07. The van der Waals surface area contributed by atoms with Crippen LogP contribution in [0, 0.1) is 5.92 Å². The molecule has 1 aromatic heterocycles. The van der Waals surface area contributed by atoms with Gasteiger partial charge in [-0.2, -0.15) is 0 Å². The molecule has 2 atom stereocenters. The average Bonchev–Trinajstić information content (AvgIpc) is 3.04. The Labute approximate surface area is 157 Å². The maximum atomic E-state index is 12.1. The summed E-state index contributed by atoms with van der Waals surface area (Å²) in [4.78, 5) is 22.9. The molecule has 2 bridgehead atoms. The SMILES string of the molecule is O=C(NCCF)Nc1ccc(-c2nccc(N3CC4COC(C4)C3)n2)cc1. The molecule has 27 heavy (non-hydrogen) atoms. The Morgan fingerprint density at radius 1 is 1.26 bits per heavy atom. The van der Waals surface area contributed by atoms with Crippen LogP contribution in [0.4, 0.5) is 20.7 Å². The maximum Gasteiger partial charge on any atom is 0.319 e. The van der Waals surface area contributed by atoms with E-state index in [4.69, 9.17) is 9.72 Å². The fraction of sp³-hybridized carbons (Fsp3) is 0.421. The van der Waals surface area contributed by atoms with E-state index < -0.39 is 12.7 Å². The topological polar surface area (TPSA) is 79.4 Å². The van der Waals surface area contributed by atoms with Crippen LogP contribution in [0.2, 0.25) is 0 Å². The smallest absolute Gasteiger partial charge is 0.319 e. The number of carbonyl (C=O) groups excluding carboxylic acids is 1. The van der Waals surface area contributed by atoms with E-state index in [1.165, 1.54) is 0 Å². The molecule has 0 radical (unpaired) electrons. The molecule has 0 aliphatic carbocycles. The van der Waals surface area contributed by atoms with E-state index in [1.807, 2.05) is 18.2 Å². The normalized spacial score (nSPS) is 21.1. The van der Waals surface area contributed by atoms with E-state index in [9.17, 15) is 9.18 Å². The highest BCUT2D eigenvalue weighted by molar-refractivity contribution is 5.89. The van der Waals surface area contributed by atoms with Gasteiger partial charge in [0.1, 0.15) is 12.5 Å². The average molecular weight is 371 g/mol. The third-order valence-corrected chi connectivity index (χ3v) is 4.81. The second-order valence-corrected chi connectivity index (χ2v) is 6.85. The largest absolute Gasteiger partial charge is 0.376 e. The lowest BCUT2D eigenvalue weighted by molar-refractivity contribution is 0.119. The molecule has 2 aliphatic heterocycles. The summed E-state index contributed by atoms with van der Waals surface area (Å²) < 4.78 is 17.8. The van der Waals surface area contributed by atoms with E-state index in [-0.39, 0.29) is 6.54 Å². The van der Waals surface area contributed by atoms with Crippen LogP contribution in [-0.4, -0.2) is 55.0 Å². The molecular formula is C19H22FN5O2. The predicted octanol–water partition coefficient (Wildman–Crippen LogP) is 2.46. The van der Waals surface area contributed by atoms with Gasteiger partial charge in [0.15, 0.2) is 5.82 Å². The molecule has 2 aliphatic rings. The number of anilines is 2. The number of alkyl halides is 1. The van der Waals surface area contributed by atoms with Crippen molar-refractivity contribution >= 4 is 17.5 Å². The highest BCUT2D eigenvalue weighted by Crippen LogP contribution is 2.30. The number of hydrogen-bond donors (Lipinski definition) is 2. The number of piperidine rings is 1. The molecule has 142 valence electrons. The van der Waals surface area contributed by atoms with Crippen molar-refractivity contribution in [3.8, 4) is 11.4 Å². The number of nitrogens with one attached hydrogen (secondary N) is 2. The number of rotatable bonds is 5. The lowest BCUT2D eigenvalue weighted by Crippen LogP contribution is -2.39. The van der Waals surface area contributed by atoms with Crippen molar-refractivity contribution < 1.29 is 13.9 Å². The summed E-state index contributed by atoms with van der Waals surface area (Å²) in [5, 5.41) is 5.07. The number of fused-ring (bicyclic) bond motifs is 2. The van der Waals surface area contributed by atoms with Crippen LogP contribution >= 0.6 is 0 Å². The minimum absolute atomic E-state index is 0.00615. The summed E-state index contributed by atoms with van der Waals surface area (Å²) in [6, 6.07) is 8.75. The zero-order chi connectivity index (χ0) is 18.6. The minimum atomic E-state index is -0.593. The summed E-state index contributed by atoms with van der Waals surface area (Å²) in [6.07, 6.45) is 3.21. The first-order valence-corrected chi connectivity index (χ1v) is 9.12. The van der Waals surface area contributed by atoms with E-state index >= 15 is 0 Å². The zero-order valence-electron chi connectivity index (χ0n) is 14.9. The van der Waals surface area contributed by atoms with Crippen molar-refractivity contribution in [2.45, 2.75) is 12.5 Å². The van der Waals surface area contributed by atoms with E-state index in [1.54, 1.807) is 18.3 Å². The van der Waals surface area contributed by atoms with Crippen LogP contribution in [-0.2, 0) is 4.74 Å². The molecule has 7 nitrogen and oxygen atoms in total. The number of nitrogens with zero attached hydrogens (tertiary/aromatic N) is 3. The lowest BCUT2D eigenvalue weighted by atomic mass is 10.0. The molecule has 0 saturated carbocycles. The van der Waals surface area contributed by atoms with Gasteiger partial charge in [0.2, 0.25) is 0 Å². The van der Waals surface area contributed by atoms with Gasteiger partial charge >= 0.3 is 6.03 Å². The van der Waals surface area contributed by atoms with Crippen molar-refractivity contribution in [2.75, 3.05) is 43.1 Å². The van der Waals surface area contributed by atoms with Gasteiger partial charge in [-0.3, -0.25) is 0 Å². The summed E-state index contributed by atoms with van der Waals surface area (Å²) >= 11 is 0. The van der Waals surface area contributed by atoms with Crippen molar-refractivity contribution in [1.82, 2.24) is 15.3 Å². The molecule has 2 unspecified atom stereocenters. The lowest BCUT2D eigenvalue weighted by Gasteiger charge is -2.31. The zero-order valence-corrected chi connectivity index (χ0v) is 14.9. The van der Waals surface area contributed by atoms with Gasteiger partial charge in [-0.15, -0.1) is 0 Å². The van der Waals surface area contributed by atoms with E-state index in [0.717, 1.165) is 37.5 Å². The first-order valence-electron chi connectivity index (χ1n) is 9.12. The molecule has 2 N–H and O–H groups in total. The fourth-order valence-corrected chi connectivity index (χ4v) is 3.56. The van der Waals surface area contributed by atoms with Crippen LogP contribution in [0.1, 0.15) is 6.42 Å². The number of ether oxygens (including phenoxy) is 1. The summed E-state index contributed by atoms with van der Waals surface area (Å²) in [5.41, 5.74) is 1.49. The van der Waals surface area contributed by atoms with E-state index in [2.05, 4.69) is 20.5 Å². The Morgan fingerprint density at radius 3 is 2.89 bits per heavy atom. The van der Waals surface area contributed by atoms with E-state index in [0.29, 0.717) is 23.5 Å². The molecule has 2 saturated heterocycles. The number of aromatic nitrogens is 2. The Kier molecular flexibility index (Phi) is 5.15. The number of carbonyl (C=O) groups is 1. The van der Waals surface area contributed by atoms with Gasteiger partial charge in [-0.05, 0) is 36.8 Å². The van der Waals surface area contributed by atoms with Crippen molar-refractivity contribution in [3.63, 3.8) is 0 Å². The second kappa shape index (κ2) is 7.87. The number of urea groups is 1. The minimum Gasteiger partial charge on any atom is -0.376 e. The van der Waals surface area contributed by atoms with Crippen molar-refractivity contribution in [2.24, 2.45) is 5.92 Å². The first-order chi connectivity index (χ1) is 13.2. The molecule has 2 aromatic rings. The number of hydrogen-bond acceptors (Lipinski definition) is 5. The van der Waals surface area contributed by atoms with Gasteiger partial charge in [0.25, 0.3) is 0 Å². The summed E-state index contributed by atoms with van der Waals surface area (Å²) in [5.74, 6) is 2.13. The van der Waals surface area contributed by atoms with Crippen LogP contribution in [0.3, 0.4) is 0 Å². The molecule has 3 heterocycles. The maximum absolute atomic E-state index is 12.1. The van der Waals surface area contributed by atoms with Crippen molar-refractivity contribution in [1.29, 1.82) is 0 Å². The molecule has 8 heteroatoms. The molecule has 2 amide bonds. The van der Waals surface area contributed by atoms with Gasteiger partial charge in [0.05, 0.1) is 12.7 Å². The van der Waals surface area contributed by atoms with Gasteiger partial charge < -0.3 is 20.3 Å². The quantitative estimate of drug-likeness (QED) is 0.844. The molecule has 1 aromatic carbocycles. The van der Waals surface area contributed by atoms with Gasteiger partial charge in [-0.25, -0.2) is 19.2 Å². The molecule has 0 spiro atoms. The highest BCUT2D eigenvalue weighted by Gasteiger charge is 2.34. The Balaban J connectivity index is 1.45. The number of benzene rings is 1. The Morgan fingerprint density at radius 2 is 2.11 bits per heavy atom. The standard InChI is InChI=1S/C19H22FN5O2/c20-6-8-22-19(26)23-15-3-1-14(2-4-15)18-21-7-5-17(24-18)25-10-13-9-16(11-25)27-12-13/h1-5,7,13,16H,6,8-12H2,(H2,22,23,26). The number of halogens is 1. The van der Waals surface area contributed by atoms with Crippen molar-refractivity contribution in [3.05, 3.63) is 36.5 Å². The predicted molar refractivity (Wildman–Crippen MR) is 101 cm³/mol. The van der Waals surface area contributed by atoms with Crippen LogP contribution in [0.15, 0.2) is 36.5 Å². The van der Waals surface area contributed by atoms with Crippen LogP contribution < -0.4 is 15.5 Å². The third-order valence-electron chi connectivity index (χ3n) is 4.81. The Bertz CT molecular complexity index is 789. The molecular weight excluding hydrogens is 349 g/mol. The summed E-state index contributed by atoms with van der Waals surface area (Å²) in [7, 11) is 0. The highest BCUT2D eigenvalue weighted by atomic mass is 19.1. The molecule has 4 rings (SSSR count). The Hall–Kier alpha value is -2.74. The fourth-order valence-electron chi connectivity index (χ4n) is 3.56. The first kappa shape index (κ1) is 17.7. The second-order valence-electron chi connectivity index (χ2n) is 6.85.